The maximum atomic E-state index is 11.8. The highest BCUT2D eigenvalue weighted by atomic mass is 19.3. The standard InChI is InChI=1S/C12H18F2N2O/c1-8-2-3-9-10(6-8)16-12(15-9)4-5-17-7-11(13)14/h8,11H,2-7H2,1H3,(H,15,16). The van der Waals surface area contributed by atoms with E-state index in [1.165, 1.54) is 12.1 Å². The third-order valence-corrected chi connectivity index (χ3v) is 3.07. The second-order valence-electron chi connectivity index (χ2n) is 4.67. The van der Waals surface area contributed by atoms with Crippen molar-refractivity contribution in [1.29, 1.82) is 0 Å². The fourth-order valence-corrected chi connectivity index (χ4v) is 2.17. The molecule has 3 nitrogen and oxygen atoms in total. The SMILES string of the molecule is CC1CCc2nc(CCOCC(F)F)[nH]c2C1. The van der Waals surface area contributed by atoms with Crippen molar-refractivity contribution < 1.29 is 13.5 Å². The number of halogens is 2. The zero-order valence-electron chi connectivity index (χ0n) is 10.0. The maximum Gasteiger partial charge on any atom is 0.261 e. The first-order valence-corrected chi connectivity index (χ1v) is 6.07. The molecule has 0 radical (unpaired) electrons. The Hall–Kier alpha value is -0.970. The molecule has 0 spiro atoms. The van der Waals surface area contributed by atoms with E-state index in [0.29, 0.717) is 18.9 Å². The molecular weight excluding hydrogens is 226 g/mol. The lowest BCUT2D eigenvalue weighted by atomic mass is 9.92. The monoisotopic (exact) mass is 244 g/mol. The number of aryl methyl sites for hydroxylation is 1. The lowest BCUT2D eigenvalue weighted by Crippen LogP contribution is -2.10. The van der Waals surface area contributed by atoms with Crippen LogP contribution in [-0.4, -0.2) is 29.6 Å². The third-order valence-electron chi connectivity index (χ3n) is 3.07. The van der Waals surface area contributed by atoms with Crippen LogP contribution < -0.4 is 0 Å². The molecule has 0 bridgehead atoms. The summed E-state index contributed by atoms with van der Waals surface area (Å²) in [5, 5.41) is 0. The van der Waals surface area contributed by atoms with Gasteiger partial charge in [0.25, 0.3) is 6.43 Å². The zero-order valence-corrected chi connectivity index (χ0v) is 10.0. The van der Waals surface area contributed by atoms with Gasteiger partial charge in [0, 0.05) is 12.1 Å². The summed E-state index contributed by atoms with van der Waals surface area (Å²) in [5.74, 6) is 1.56. The van der Waals surface area contributed by atoms with E-state index in [0.717, 1.165) is 24.4 Å². The summed E-state index contributed by atoms with van der Waals surface area (Å²) < 4.78 is 28.5. The van der Waals surface area contributed by atoms with Gasteiger partial charge >= 0.3 is 0 Å². The van der Waals surface area contributed by atoms with Crippen molar-refractivity contribution >= 4 is 0 Å². The summed E-state index contributed by atoms with van der Waals surface area (Å²) in [6.07, 6.45) is 1.43. The first-order valence-electron chi connectivity index (χ1n) is 6.07. The van der Waals surface area contributed by atoms with Gasteiger partial charge in [-0.3, -0.25) is 0 Å². The molecule has 1 heterocycles. The van der Waals surface area contributed by atoms with E-state index in [1.54, 1.807) is 0 Å². The van der Waals surface area contributed by atoms with E-state index >= 15 is 0 Å². The van der Waals surface area contributed by atoms with Crippen LogP contribution in [0.4, 0.5) is 8.78 Å². The Morgan fingerprint density at radius 1 is 1.53 bits per heavy atom. The van der Waals surface area contributed by atoms with E-state index in [1.807, 2.05) is 0 Å². The second kappa shape index (κ2) is 5.58. The Kier molecular flexibility index (Phi) is 4.10. The summed E-state index contributed by atoms with van der Waals surface area (Å²) >= 11 is 0. The molecule has 0 saturated heterocycles. The number of nitrogens with zero attached hydrogens (tertiary/aromatic N) is 1. The fourth-order valence-electron chi connectivity index (χ4n) is 2.17. The number of alkyl halides is 2. The largest absolute Gasteiger partial charge is 0.375 e. The molecule has 5 heteroatoms. The molecule has 1 aliphatic rings. The number of fused-ring (bicyclic) bond motifs is 1. The molecular formula is C12H18F2N2O. The number of imidazole rings is 1. The fraction of sp³-hybridized carbons (Fsp3) is 0.750. The lowest BCUT2D eigenvalue weighted by Gasteiger charge is -2.15. The van der Waals surface area contributed by atoms with Gasteiger partial charge in [-0.1, -0.05) is 6.92 Å². The number of aromatic amines is 1. The molecule has 2 rings (SSSR count). The van der Waals surface area contributed by atoms with Crippen molar-refractivity contribution in [1.82, 2.24) is 9.97 Å². The van der Waals surface area contributed by atoms with Crippen molar-refractivity contribution in [2.24, 2.45) is 5.92 Å². The smallest absolute Gasteiger partial charge is 0.261 e. The molecule has 0 aliphatic heterocycles. The third kappa shape index (κ3) is 3.49. The number of rotatable bonds is 5. The number of hydrogen-bond donors (Lipinski definition) is 1. The van der Waals surface area contributed by atoms with Crippen LogP contribution in [0.25, 0.3) is 0 Å². The molecule has 0 saturated carbocycles. The Balaban J connectivity index is 1.82. The molecule has 0 aromatic carbocycles. The van der Waals surface area contributed by atoms with Crippen LogP contribution in [0.1, 0.15) is 30.6 Å². The molecule has 17 heavy (non-hydrogen) atoms. The van der Waals surface area contributed by atoms with Gasteiger partial charge in [-0.2, -0.15) is 0 Å². The first kappa shape index (κ1) is 12.5. The minimum absolute atomic E-state index is 0.298. The van der Waals surface area contributed by atoms with Crippen LogP contribution in [0.2, 0.25) is 0 Å². The highest BCUT2D eigenvalue weighted by Gasteiger charge is 2.18. The van der Waals surface area contributed by atoms with Crippen molar-refractivity contribution in [3.8, 4) is 0 Å². The van der Waals surface area contributed by atoms with Gasteiger partial charge in [0.1, 0.15) is 12.4 Å². The van der Waals surface area contributed by atoms with Crippen LogP contribution in [-0.2, 0) is 24.0 Å². The topological polar surface area (TPSA) is 37.9 Å². The van der Waals surface area contributed by atoms with Crippen LogP contribution in [0.15, 0.2) is 0 Å². The molecule has 1 atom stereocenters. The predicted octanol–water partition coefficient (Wildman–Crippen LogP) is 2.36. The van der Waals surface area contributed by atoms with Crippen LogP contribution in [0.3, 0.4) is 0 Å². The second-order valence-corrected chi connectivity index (χ2v) is 4.67. The average Bonchev–Trinajstić information content (AvgIpc) is 2.66. The number of aromatic nitrogens is 2. The quantitative estimate of drug-likeness (QED) is 0.807. The van der Waals surface area contributed by atoms with Crippen molar-refractivity contribution in [2.75, 3.05) is 13.2 Å². The first-order chi connectivity index (χ1) is 8.15. The predicted molar refractivity (Wildman–Crippen MR) is 60.3 cm³/mol. The molecule has 1 unspecified atom stereocenters. The highest BCUT2D eigenvalue weighted by Crippen LogP contribution is 2.23. The summed E-state index contributed by atoms with van der Waals surface area (Å²) in [5.41, 5.74) is 2.36. The minimum atomic E-state index is -2.39. The summed E-state index contributed by atoms with van der Waals surface area (Å²) in [4.78, 5) is 7.75. The molecule has 96 valence electrons. The van der Waals surface area contributed by atoms with Crippen molar-refractivity contribution in [3.05, 3.63) is 17.2 Å². The van der Waals surface area contributed by atoms with Crippen molar-refractivity contribution in [3.63, 3.8) is 0 Å². The number of H-pyrrole nitrogens is 1. The highest BCUT2D eigenvalue weighted by molar-refractivity contribution is 5.18. The van der Waals surface area contributed by atoms with E-state index in [4.69, 9.17) is 4.74 Å². The maximum absolute atomic E-state index is 11.8. The number of hydrogen-bond acceptors (Lipinski definition) is 2. The van der Waals surface area contributed by atoms with Gasteiger partial charge in [-0.15, -0.1) is 0 Å². The zero-order chi connectivity index (χ0) is 12.3. The number of ether oxygens (including phenoxy) is 1. The lowest BCUT2D eigenvalue weighted by molar-refractivity contribution is 0.0183. The Morgan fingerprint density at radius 2 is 2.35 bits per heavy atom. The van der Waals surface area contributed by atoms with Gasteiger partial charge in [-0.25, -0.2) is 13.8 Å². The van der Waals surface area contributed by atoms with E-state index in [2.05, 4.69) is 16.9 Å². The molecule has 1 aromatic heterocycles. The van der Waals surface area contributed by atoms with Crippen LogP contribution in [0.5, 0.6) is 0 Å². The number of nitrogens with one attached hydrogen (secondary N) is 1. The molecule has 1 aromatic rings. The van der Waals surface area contributed by atoms with Gasteiger partial charge in [0.15, 0.2) is 0 Å². The van der Waals surface area contributed by atoms with Gasteiger partial charge in [0.2, 0.25) is 0 Å². The molecule has 0 fully saturated rings. The molecule has 1 N–H and O–H groups in total. The Labute approximate surface area is 99.6 Å². The van der Waals surface area contributed by atoms with E-state index in [9.17, 15) is 8.78 Å². The van der Waals surface area contributed by atoms with Crippen molar-refractivity contribution in [2.45, 2.75) is 39.0 Å². The van der Waals surface area contributed by atoms with Gasteiger partial charge in [-0.05, 0) is 25.2 Å². The summed E-state index contributed by atoms with van der Waals surface area (Å²) in [6.45, 7) is 2.04. The van der Waals surface area contributed by atoms with Crippen LogP contribution >= 0.6 is 0 Å². The minimum Gasteiger partial charge on any atom is -0.375 e. The van der Waals surface area contributed by atoms with E-state index < -0.39 is 13.0 Å². The normalized spacial score (nSPS) is 19.6. The van der Waals surface area contributed by atoms with Crippen LogP contribution in [0, 0.1) is 5.92 Å². The molecule has 1 aliphatic carbocycles. The van der Waals surface area contributed by atoms with E-state index in [-0.39, 0.29) is 0 Å². The summed E-state index contributed by atoms with van der Waals surface area (Å²) in [6, 6.07) is 0. The Bertz CT molecular complexity index is 365. The van der Waals surface area contributed by atoms with Gasteiger partial charge in [0.05, 0.1) is 12.3 Å². The molecule has 0 amide bonds. The Morgan fingerprint density at radius 3 is 3.12 bits per heavy atom. The van der Waals surface area contributed by atoms with Gasteiger partial charge < -0.3 is 9.72 Å². The summed E-state index contributed by atoms with van der Waals surface area (Å²) in [7, 11) is 0. The average molecular weight is 244 g/mol.